The molecular formula is C8H15NO3S. The van der Waals surface area contributed by atoms with Crippen LogP contribution in [0.5, 0.6) is 0 Å². The lowest BCUT2D eigenvalue weighted by molar-refractivity contribution is -0.141. The zero-order valence-corrected chi connectivity index (χ0v) is 8.69. The van der Waals surface area contributed by atoms with Crippen molar-refractivity contribution in [1.82, 2.24) is 5.32 Å². The third-order valence-electron chi connectivity index (χ3n) is 1.49. The van der Waals surface area contributed by atoms with Crippen molar-refractivity contribution in [3.05, 3.63) is 0 Å². The topological polar surface area (TPSA) is 66.4 Å². The van der Waals surface area contributed by atoms with Crippen LogP contribution in [0.3, 0.4) is 0 Å². The van der Waals surface area contributed by atoms with Crippen molar-refractivity contribution in [2.75, 3.05) is 12.0 Å². The molecule has 5 heteroatoms. The lowest BCUT2D eigenvalue weighted by atomic mass is 10.2. The van der Waals surface area contributed by atoms with Crippen molar-refractivity contribution in [3.63, 3.8) is 0 Å². The van der Waals surface area contributed by atoms with Gasteiger partial charge in [0.25, 0.3) is 0 Å². The highest BCUT2D eigenvalue weighted by molar-refractivity contribution is 7.99. The highest BCUT2D eigenvalue weighted by Gasteiger charge is 2.17. The third-order valence-corrected chi connectivity index (χ3v) is 2.04. The maximum absolute atomic E-state index is 11.0. The molecule has 0 radical (unpaired) electrons. The van der Waals surface area contributed by atoms with Gasteiger partial charge in [-0.15, -0.1) is 0 Å². The van der Waals surface area contributed by atoms with Crippen molar-refractivity contribution in [2.24, 2.45) is 0 Å². The summed E-state index contributed by atoms with van der Waals surface area (Å²) in [7, 11) is 0. The van der Waals surface area contributed by atoms with Crippen LogP contribution in [0.25, 0.3) is 0 Å². The molecule has 0 saturated carbocycles. The highest BCUT2D eigenvalue weighted by Crippen LogP contribution is 1.98. The molecule has 1 atom stereocenters. The van der Waals surface area contributed by atoms with E-state index in [0.717, 1.165) is 6.42 Å². The zero-order valence-electron chi connectivity index (χ0n) is 7.87. The fourth-order valence-electron chi connectivity index (χ4n) is 0.913. The van der Waals surface area contributed by atoms with Gasteiger partial charge in [0.2, 0.25) is 5.91 Å². The lowest BCUT2D eigenvalue weighted by Crippen LogP contribution is -2.41. The van der Waals surface area contributed by atoms with Crippen molar-refractivity contribution in [1.29, 1.82) is 0 Å². The summed E-state index contributed by atoms with van der Waals surface area (Å²) >= 11 is 1.38. The van der Waals surface area contributed by atoms with Crippen molar-refractivity contribution in [2.45, 2.75) is 25.8 Å². The van der Waals surface area contributed by atoms with E-state index in [4.69, 9.17) is 5.11 Å². The van der Waals surface area contributed by atoms with Crippen LogP contribution in [0.1, 0.15) is 19.8 Å². The quantitative estimate of drug-likeness (QED) is 0.670. The third kappa shape index (κ3) is 5.52. The Balaban J connectivity index is 3.94. The van der Waals surface area contributed by atoms with Crippen LogP contribution in [-0.2, 0) is 9.59 Å². The van der Waals surface area contributed by atoms with Crippen LogP contribution in [0, 0.1) is 0 Å². The van der Waals surface area contributed by atoms with E-state index >= 15 is 0 Å². The molecule has 0 heterocycles. The second-order valence-electron chi connectivity index (χ2n) is 2.68. The molecule has 76 valence electrons. The Morgan fingerprint density at radius 3 is 2.54 bits per heavy atom. The van der Waals surface area contributed by atoms with Crippen LogP contribution in [0.4, 0.5) is 0 Å². The molecule has 0 bridgehead atoms. The first-order chi connectivity index (χ1) is 6.11. The van der Waals surface area contributed by atoms with E-state index in [2.05, 4.69) is 5.32 Å². The molecule has 0 aromatic heterocycles. The number of hydrogen-bond donors (Lipinski definition) is 2. The summed E-state index contributed by atoms with van der Waals surface area (Å²) in [5, 5.41) is 11.2. The standard InChI is InChI=1S/C8H15NO3S/c1-3-4-6(8(11)12)9-7(10)5-13-2/h6H,3-5H2,1-2H3,(H,9,10)(H,11,12). The van der Waals surface area contributed by atoms with E-state index in [-0.39, 0.29) is 5.91 Å². The van der Waals surface area contributed by atoms with E-state index in [1.54, 1.807) is 6.26 Å². The van der Waals surface area contributed by atoms with Gasteiger partial charge in [0.05, 0.1) is 5.75 Å². The maximum atomic E-state index is 11.0. The van der Waals surface area contributed by atoms with Crippen LogP contribution in [0.2, 0.25) is 0 Å². The Labute approximate surface area is 82.1 Å². The molecule has 13 heavy (non-hydrogen) atoms. The van der Waals surface area contributed by atoms with Gasteiger partial charge in [-0.05, 0) is 12.7 Å². The molecule has 0 saturated heterocycles. The maximum Gasteiger partial charge on any atom is 0.326 e. The second kappa shape index (κ2) is 6.77. The minimum Gasteiger partial charge on any atom is -0.480 e. The van der Waals surface area contributed by atoms with Gasteiger partial charge >= 0.3 is 5.97 Å². The van der Waals surface area contributed by atoms with E-state index < -0.39 is 12.0 Å². The number of rotatable bonds is 6. The number of thioether (sulfide) groups is 1. The fraction of sp³-hybridized carbons (Fsp3) is 0.750. The van der Waals surface area contributed by atoms with Gasteiger partial charge in [0.1, 0.15) is 6.04 Å². The number of hydrogen-bond acceptors (Lipinski definition) is 3. The summed E-state index contributed by atoms with van der Waals surface area (Å²) in [5.41, 5.74) is 0. The molecule has 0 rings (SSSR count). The van der Waals surface area contributed by atoms with Gasteiger partial charge in [-0.1, -0.05) is 13.3 Å². The number of amides is 1. The van der Waals surface area contributed by atoms with Crippen molar-refractivity contribution in [3.8, 4) is 0 Å². The number of carbonyl (C=O) groups excluding carboxylic acids is 1. The Bertz CT molecular complexity index is 184. The summed E-state index contributed by atoms with van der Waals surface area (Å²) in [6.07, 6.45) is 3.03. The number of nitrogens with one attached hydrogen (secondary N) is 1. The molecule has 0 aliphatic carbocycles. The predicted molar refractivity (Wildman–Crippen MR) is 52.9 cm³/mol. The molecular weight excluding hydrogens is 190 g/mol. The first-order valence-corrected chi connectivity index (χ1v) is 5.52. The fourth-order valence-corrected chi connectivity index (χ4v) is 1.26. The number of aliphatic carboxylic acids is 1. The van der Waals surface area contributed by atoms with Crippen LogP contribution in [0.15, 0.2) is 0 Å². The van der Waals surface area contributed by atoms with Gasteiger partial charge in [0.15, 0.2) is 0 Å². The average molecular weight is 205 g/mol. The van der Waals surface area contributed by atoms with E-state index in [9.17, 15) is 9.59 Å². The summed E-state index contributed by atoms with van der Waals surface area (Å²) in [5.74, 6) is -0.863. The largest absolute Gasteiger partial charge is 0.480 e. The summed E-state index contributed by atoms with van der Waals surface area (Å²) in [6, 6.07) is -0.732. The van der Waals surface area contributed by atoms with E-state index in [0.29, 0.717) is 12.2 Å². The van der Waals surface area contributed by atoms with Gasteiger partial charge in [0, 0.05) is 0 Å². The number of carboxylic acid groups (broad SMARTS) is 1. The summed E-state index contributed by atoms with van der Waals surface area (Å²) in [4.78, 5) is 21.6. The number of carbonyl (C=O) groups is 2. The predicted octanol–water partition coefficient (Wildman–Crippen LogP) is 0.719. The molecule has 2 N–H and O–H groups in total. The van der Waals surface area contributed by atoms with E-state index in [1.807, 2.05) is 6.92 Å². The van der Waals surface area contributed by atoms with Crippen LogP contribution in [-0.4, -0.2) is 35.0 Å². The van der Waals surface area contributed by atoms with E-state index in [1.165, 1.54) is 11.8 Å². The molecule has 0 spiro atoms. The van der Waals surface area contributed by atoms with Gasteiger partial charge in [-0.3, -0.25) is 4.79 Å². The average Bonchev–Trinajstić information content (AvgIpc) is 2.04. The van der Waals surface area contributed by atoms with Gasteiger partial charge in [-0.2, -0.15) is 11.8 Å². The minimum absolute atomic E-state index is 0.214. The Morgan fingerprint density at radius 1 is 1.54 bits per heavy atom. The first-order valence-electron chi connectivity index (χ1n) is 4.13. The Hall–Kier alpha value is -0.710. The normalized spacial score (nSPS) is 12.2. The highest BCUT2D eigenvalue weighted by atomic mass is 32.2. The molecule has 0 aromatic carbocycles. The van der Waals surface area contributed by atoms with Gasteiger partial charge < -0.3 is 10.4 Å². The van der Waals surface area contributed by atoms with Crippen molar-refractivity contribution >= 4 is 23.6 Å². The molecule has 0 fully saturated rings. The van der Waals surface area contributed by atoms with Crippen LogP contribution >= 0.6 is 11.8 Å². The molecule has 0 aliphatic heterocycles. The Kier molecular flexibility index (Phi) is 6.40. The SMILES string of the molecule is CCCC(NC(=O)CSC)C(=O)O. The zero-order chi connectivity index (χ0) is 10.3. The monoisotopic (exact) mass is 205 g/mol. The smallest absolute Gasteiger partial charge is 0.326 e. The molecule has 1 amide bonds. The Morgan fingerprint density at radius 2 is 2.15 bits per heavy atom. The molecule has 0 aromatic rings. The summed E-state index contributed by atoms with van der Waals surface area (Å²) < 4.78 is 0. The second-order valence-corrected chi connectivity index (χ2v) is 3.55. The van der Waals surface area contributed by atoms with Gasteiger partial charge in [-0.25, -0.2) is 4.79 Å². The first kappa shape index (κ1) is 12.3. The minimum atomic E-state index is -0.962. The van der Waals surface area contributed by atoms with Crippen molar-refractivity contribution < 1.29 is 14.7 Å². The lowest BCUT2D eigenvalue weighted by Gasteiger charge is -2.12. The molecule has 4 nitrogen and oxygen atoms in total. The summed E-state index contributed by atoms with van der Waals surface area (Å²) in [6.45, 7) is 1.89. The molecule has 1 unspecified atom stereocenters. The van der Waals surface area contributed by atoms with Crippen LogP contribution < -0.4 is 5.32 Å². The molecule has 0 aliphatic rings. The number of carboxylic acids is 1.